The van der Waals surface area contributed by atoms with Crippen LogP contribution in [0.4, 0.5) is 8.78 Å². The van der Waals surface area contributed by atoms with Crippen LogP contribution in [0.2, 0.25) is 0 Å². The van der Waals surface area contributed by atoms with Crippen molar-refractivity contribution in [2.24, 2.45) is 5.73 Å². The van der Waals surface area contributed by atoms with Crippen LogP contribution in [-0.2, 0) is 4.79 Å². The van der Waals surface area contributed by atoms with E-state index < -0.39 is 17.2 Å². The fourth-order valence-corrected chi connectivity index (χ4v) is 2.76. The maximum atomic E-state index is 13.9. The molecule has 1 atom stereocenters. The average Bonchev–Trinajstić information content (AvgIpc) is 2.45. The minimum atomic E-state index is -0.878. The third kappa shape index (κ3) is 5.28. The number of hydrogen-bond donors (Lipinski definition) is 1. The van der Waals surface area contributed by atoms with Crippen molar-refractivity contribution in [3.05, 3.63) is 35.4 Å². The molecule has 1 saturated heterocycles. The van der Waals surface area contributed by atoms with E-state index in [9.17, 15) is 13.6 Å². The van der Waals surface area contributed by atoms with Crippen molar-refractivity contribution in [1.82, 2.24) is 9.80 Å². The molecule has 4 nitrogen and oxygen atoms in total. The summed E-state index contributed by atoms with van der Waals surface area (Å²) < 4.78 is 26.9. The Hall–Kier alpha value is -0.950. The Balaban J connectivity index is 0.00000264. The van der Waals surface area contributed by atoms with E-state index in [-0.39, 0.29) is 36.8 Å². The topological polar surface area (TPSA) is 49.6 Å². The van der Waals surface area contributed by atoms with Gasteiger partial charge in [-0.15, -0.1) is 24.8 Å². The fraction of sp³-hybridized carbons (Fsp3) is 0.562. The molecular formula is C16H25Cl2F2N3O. The molecule has 1 heterocycles. The van der Waals surface area contributed by atoms with Gasteiger partial charge < -0.3 is 10.6 Å². The first kappa shape index (κ1) is 23.1. The largest absolute Gasteiger partial charge is 0.339 e. The second kappa shape index (κ2) is 8.94. The minimum Gasteiger partial charge on any atom is -0.339 e. The Bertz CT molecular complexity index is 559. The van der Waals surface area contributed by atoms with Gasteiger partial charge in [-0.25, -0.2) is 8.78 Å². The summed E-state index contributed by atoms with van der Waals surface area (Å²) >= 11 is 0. The molecule has 24 heavy (non-hydrogen) atoms. The number of benzene rings is 1. The predicted octanol–water partition coefficient (Wildman–Crippen LogP) is 2.75. The van der Waals surface area contributed by atoms with E-state index in [0.717, 1.165) is 6.07 Å². The summed E-state index contributed by atoms with van der Waals surface area (Å²) in [5.74, 6) is -1.18. The molecule has 1 aromatic rings. The quantitative estimate of drug-likeness (QED) is 0.872. The van der Waals surface area contributed by atoms with Crippen LogP contribution in [0.3, 0.4) is 0 Å². The van der Waals surface area contributed by atoms with Crippen LogP contribution in [0.25, 0.3) is 0 Å². The lowest BCUT2D eigenvalue weighted by atomic mass is 10.0. The lowest BCUT2D eigenvalue weighted by Crippen LogP contribution is -2.57. The molecule has 0 spiro atoms. The van der Waals surface area contributed by atoms with Crippen LogP contribution in [-0.4, -0.2) is 47.4 Å². The van der Waals surface area contributed by atoms with Gasteiger partial charge in [0.15, 0.2) is 0 Å². The predicted molar refractivity (Wildman–Crippen MR) is 95.7 cm³/mol. The number of carbonyl (C=O) groups excluding carboxylic acids is 1. The second-order valence-electron chi connectivity index (χ2n) is 6.39. The van der Waals surface area contributed by atoms with Crippen LogP contribution in [0.1, 0.15) is 32.4 Å². The molecule has 0 aromatic heterocycles. The van der Waals surface area contributed by atoms with Crippen molar-refractivity contribution in [1.29, 1.82) is 0 Å². The van der Waals surface area contributed by atoms with Gasteiger partial charge in [-0.3, -0.25) is 9.69 Å². The number of rotatable bonds is 3. The zero-order valence-corrected chi connectivity index (χ0v) is 15.7. The first-order valence-electron chi connectivity index (χ1n) is 7.47. The van der Waals surface area contributed by atoms with E-state index in [2.05, 4.69) is 4.90 Å². The van der Waals surface area contributed by atoms with Crippen LogP contribution >= 0.6 is 24.8 Å². The molecule has 2 rings (SSSR count). The van der Waals surface area contributed by atoms with Gasteiger partial charge in [0.05, 0.1) is 5.54 Å². The standard InChI is InChI=1S/C16H23F2N3O.2ClH/c1-11(13-5-4-12(17)10-14(13)18)20-6-8-21(9-7-20)15(22)16(2,3)19;;/h4-5,10-11H,6-9,19H2,1-3H3;2*1H. The van der Waals surface area contributed by atoms with Gasteiger partial charge in [0.25, 0.3) is 0 Å². The summed E-state index contributed by atoms with van der Waals surface area (Å²) in [6.45, 7) is 7.68. The summed E-state index contributed by atoms with van der Waals surface area (Å²) in [5, 5.41) is 0. The number of nitrogens with two attached hydrogens (primary N) is 1. The molecule has 0 bridgehead atoms. The molecule has 0 radical (unpaired) electrons. The zero-order valence-electron chi connectivity index (χ0n) is 14.1. The Morgan fingerprint density at radius 3 is 2.17 bits per heavy atom. The summed E-state index contributed by atoms with van der Waals surface area (Å²) in [4.78, 5) is 16.0. The number of piperazine rings is 1. The molecular weight excluding hydrogens is 359 g/mol. The highest BCUT2D eigenvalue weighted by Crippen LogP contribution is 2.25. The molecule has 1 aliphatic heterocycles. The molecule has 0 saturated carbocycles. The van der Waals surface area contributed by atoms with Crippen molar-refractivity contribution in [2.45, 2.75) is 32.4 Å². The van der Waals surface area contributed by atoms with E-state index >= 15 is 0 Å². The third-order valence-corrected chi connectivity index (χ3v) is 4.11. The first-order chi connectivity index (χ1) is 10.2. The summed E-state index contributed by atoms with van der Waals surface area (Å²) in [5.41, 5.74) is 5.43. The summed E-state index contributed by atoms with van der Waals surface area (Å²) in [7, 11) is 0. The summed E-state index contributed by atoms with van der Waals surface area (Å²) in [6.07, 6.45) is 0. The van der Waals surface area contributed by atoms with E-state index in [0.29, 0.717) is 31.7 Å². The maximum Gasteiger partial charge on any atom is 0.242 e. The molecule has 1 unspecified atom stereocenters. The highest BCUT2D eigenvalue weighted by atomic mass is 35.5. The smallest absolute Gasteiger partial charge is 0.242 e. The normalized spacial score (nSPS) is 16.8. The number of halogens is 4. The maximum absolute atomic E-state index is 13.9. The molecule has 1 aliphatic rings. The minimum absolute atomic E-state index is 0. The van der Waals surface area contributed by atoms with Gasteiger partial charge >= 0.3 is 0 Å². The van der Waals surface area contributed by atoms with Crippen molar-refractivity contribution < 1.29 is 13.6 Å². The van der Waals surface area contributed by atoms with Crippen molar-refractivity contribution >= 4 is 30.7 Å². The average molecular weight is 384 g/mol. The molecule has 0 aliphatic carbocycles. The Labute approximate surface area is 154 Å². The molecule has 138 valence electrons. The summed E-state index contributed by atoms with van der Waals surface area (Å²) in [6, 6.07) is 3.49. The zero-order chi connectivity index (χ0) is 16.5. The lowest BCUT2D eigenvalue weighted by molar-refractivity contribution is -0.137. The first-order valence-corrected chi connectivity index (χ1v) is 7.47. The van der Waals surface area contributed by atoms with Crippen LogP contribution in [0, 0.1) is 11.6 Å². The van der Waals surface area contributed by atoms with E-state index in [1.165, 1.54) is 12.1 Å². The van der Waals surface area contributed by atoms with Crippen LogP contribution < -0.4 is 5.73 Å². The van der Waals surface area contributed by atoms with E-state index in [1.54, 1.807) is 18.7 Å². The van der Waals surface area contributed by atoms with Gasteiger partial charge in [-0.2, -0.15) is 0 Å². The van der Waals surface area contributed by atoms with Gasteiger partial charge in [0.1, 0.15) is 11.6 Å². The highest BCUT2D eigenvalue weighted by Gasteiger charge is 2.31. The lowest BCUT2D eigenvalue weighted by Gasteiger charge is -2.40. The van der Waals surface area contributed by atoms with Crippen molar-refractivity contribution in [2.75, 3.05) is 26.2 Å². The van der Waals surface area contributed by atoms with Crippen LogP contribution in [0.15, 0.2) is 18.2 Å². The number of amides is 1. The van der Waals surface area contributed by atoms with Crippen LogP contribution in [0.5, 0.6) is 0 Å². The SMILES string of the molecule is CC(c1ccc(F)cc1F)N1CCN(C(=O)C(C)(C)N)CC1.Cl.Cl. The van der Waals surface area contributed by atoms with E-state index in [4.69, 9.17) is 5.73 Å². The van der Waals surface area contributed by atoms with Gasteiger partial charge in [-0.1, -0.05) is 6.07 Å². The Morgan fingerprint density at radius 2 is 1.71 bits per heavy atom. The second-order valence-corrected chi connectivity index (χ2v) is 6.39. The van der Waals surface area contributed by atoms with Crippen molar-refractivity contribution in [3.63, 3.8) is 0 Å². The monoisotopic (exact) mass is 383 g/mol. The van der Waals surface area contributed by atoms with Gasteiger partial charge in [0, 0.05) is 43.9 Å². The number of hydrogen-bond acceptors (Lipinski definition) is 3. The Kier molecular flexibility index (Phi) is 8.59. The molecule has 2 N–H and O–H groups in total. The number of carbonyl (C=O) groups is 1. The van der Waals surface area contributed by atoms with Crippen molar-refractivity contribution in [3.8, 4) is 0 Å². The molecule has 1 aromatic carbocycles. The molecule has 1 amide bonds. The fourth-order valence-electron chi connectivity index (χ4n) is 2.76. The molecule has 1 fully saturated rings. The van der Waals surface area contributed by atoms with Gasteiger partial charge in [-0.05, 0) is 26.8 Å². The van der Waals surface area contributed by atoms with E-state index in [1.807, 2.05) is 6.92 Å². The Morgan fingerprint density at radius 1 is 1.17 bits per heavy atom. The third-order valence-electron chi connectivity index (χ3n) is 4.11. The highest BCUT2D eigenvalue weighted by molar-refractivity contribution is 5.86. The molecule has 8 heteroatoms. The van der Waals surface area contributed by atoms with Gasteiger partial charge in [0.2, 0.25) is 5.91 Å². The number of nitrogens with zero attached hydrogens (tertiary/aromatic N) is 2.